The molecule has 2 aliphatic rings. The van der Waals surface area contributed by atoms with Gasteiger partial charge in [0.1, 0.15) is 11.8 Å². The molecule has 2 fully saturated rings. The highest BCUT2D eigenvalue weighted by molar-refractivity contribution is 7.89. The molecule has 2 saturated carbocycles. The topological polar surface area (TPSA) is 148 Å². The fraction of sp³-hybridized carbons (Fsp3) is 0.407. The summed E-state index contributed by atoms with van der Waals surface area (Å²) < 4.78 is 13.3. The van der Waals surface area contributed by atoms with Gasteiger partial charge < -0.3 is 9.87 Å². The van der Waals surface area contributed by atoms with Crippen LogP contribution in [-0.4, -0.2) is 34.0 Å². The molecule has 196 valence electrons. The van der Waals surface area contributed by atoms with Gasteiger partial charge >= 0.3 is 0 Å². The van der Waals surface area contributed by atoms with Crippen LogP contribution in [0.15, 0.2) is 46.5 Å². The minimum absolute atomic E-state index is 0.0279. The van der Waals surface area contributed by atoms with E-state index < -0.39 is 11.4 Å². The molecular weight excluding hydrogens is 500 g/mol. The van der Waals surface area contributed by atoms with E-state index in [0.29, 0.717) is 40.3 Å². The highest BCUT2D eigenvalue weighted by atomic mass is 32.2. The van der Waals surface area contributed by atoms with E-state index in [1.807, 2.05) is 19.1 Å². The van der Waals surface area contributed by atoms with Crippen molar-refractivity contribution in [3.8, 4) is 11.4 Å². The Bertz CT molecular complexity index is 1550. The number of rotatable bonds is 8. The summed E-state index contributed by atoms with van der Waals surface area (Å²) in [6.45, 7) is 4.42. The van der Waals surface area contributed by atoms with E-state index >= 15 is 0 Å². The Morgan fingerprint density at radius 2 is 1.89 bits per heavy atom. The lowest BCUT2D eigenvalue weighted by atomic mass is 9.80. The van der Waals surface area contributed by atoms with Crippen molar-refractivity contribution in [1.82, 2.24) is 29.5 Å². The number of benzene rings is 1. The lowest BCUT2D eigenvalue weighted by Crippen LogP contribution is -2.33. The van der Waals surface area contributed by atoms with Gasteiger partial charge in [-0.2, -0.15) is 0 Å². The Morgan fingerprint density at radius 1 is 1.13 bits per heavy atom. The zero-order chi connectivity index (χ0) is 26.4. The van der Waals surface area contributed by atoms with Gasteiger partial charge in [0.05, 0.1) is 34.5 Å². The first kappa shape index (κ1) is 24.9. The molecule has 1 unspecified atom stereocenters. The number of hydrogen-bond donors (Lipinski definition) is 2. The molecule has 0 radical (unpaired) electrons. The second-order valence-electron chi connectivity index (χ2n) is 10.3. The second kappa shape index (κ2) is 10.0. The van der Waals surface area contributed by atoms with E-state index in [0.717, 1.165) is 48.2 Å². The predicted molar refractivity (Wildman–Crippen MR) is 146 cm³/mol. The van der Waals surface area contributed by atoms with Crippen molar-refractivity contribution in [3.63, 3.8) is 0 Å². The molecule has 38 heavy (non-hydrogen) atoms. The third-order valence-electron chi connectivity index (χ3n) is 7.74. The van der Waals surface area contributed by atoms with Gasteiger partial charge in [0.2, 0.25) is 0 Å². The molecule has 0 spiro atoms. The van der Waals surface area contributed by atoms with Crippen molar-refractivity contribution in [1.29, 1.82) is 0 Å². The first-order valence-corrected chi connectivity index (χ1v) is 14.2. The van der Waals surface area contributed by atoms with E-state index in [9.17, 15) is 9.35 Å². The van der Waals surface area contributed by atoms with Crippen molar-refractivity contribution < 1.29 is 4.55 Å². The predicted octanol–water partition coefficient (Wildman–Crippen LogP) is 3.78. The zero-order valence-corrected chi connectivity index (χ0v) is 22.2. The number of nitrogens with zero attached hydrogens (tertiary/aromatic N) is 6. The average molecular weight is 531 g/mol. The highest BCUT2D eigenvalue weighted by Crippen LogP contribution is 2.43. The molecule has 2 aliphatic carbocycles. The molecule has 10 nitrogen and oxygen atoms in total. The maximum Gasteiger partial charge on any atom is 0.295 e. The zero-order valence-electron chi connectivity index (χ0n) is 21.4. The molecule has 4 aromatic rings. The Balaban J connectivity index is 1.41. The summed E-state index contributed by atoms with van der Waals surface area (Å²) >= 11 is -1.53. The summed E-state index contributed by atoms with van der Waals surface area (Å²) in [5, 5.41) is 8.65. The summed E-state index contributed by atoms with van der Waals surface area (Å²) in [5.41, 5.74) is 4.47. The molecular formula is C27H30N8O2S. The van der Waals surface area contributed by atoms with Gasteiger partial charge in [0.25, 0.3) is 5.56 Å². The van der Waals surface area contributed by atoms with Crippen LogP contribution in [0.2, 0.25) is 0 Å². The summed E-state index contributed by atoms with van der Waals surface area (Å²) in [4.78, 5) is 37.6. The summed E-state index contributed by atoms with van der Waals surface area (Å²) in [7, 11) is 0. The van der Waals surface area contributed by atoms with Crippen molar-refractivity contribution in [2.24, 2.45) is 11.1 Å². The van der Waals surface area contributed by atoms with Crippen molar-refractivity contribution in [3.05, 3.63) is 64.1 Å². The van der Waals surface area contributed by atoms with Gasteiger partial charge in [-0.3, -0.25) is 9.36 Å². The fourth-order valence-corrected chi connectivity index (χ4v) is 5.51. The molecule has 2 atom stereocenters. The van der Waals surface area contributed by atoms with Gasteiger partial charge in [-0.15, -0.1) is 5.14 Å². The quantitative estimate of drug-likeness (QED) is 0.325. The van der Waals surface area contributed by atoms with Crippen molar-refractivity contribution in [2.45, 2.75) is 69.4 Å². The van der Waals surface area contributed by atoms with E-state index in [-0.39, 0.29) is 17.4 Å². The summed E-state index contributed by atoms with van der Waals surface area (Å²) in [5.74, 6) is 1.61. The molecule has 0 bridgehead atoms. The first-order chi connectivity index (χ1) is 18.4. The number of fused-ring (bicyclic) bond motifs is 1. The Hall–Kier alpha value is -3.41. The van der Waals surface area contributed by atoms with Crippen molar-refractivity contribution >= 4 is 28.3 Å². The van der Waals surface area contributed by atoms with Gasteiger partial charge in [0.15, 0.2) is 22.2 Å². The van der Waals surface area contributed by atoms with Crippen LogP contribution < -0.4 is 16.0 Å². The van der Waals surface area contributed by atoms with Gasteiger partial charge in [0, 0.05) is 18.5 Å². The Labute approximate surface area is 223 Å². The Kier molecular flexibility index (Phi) is 6.58. The van der Waals surface area contributed by atoms with E-state index in [1.165, 1.54) is 6.42 Å². The van der Waals surface area contributed by atoms with Gasteiger partial charge in [-0.1, -0.05) is 18.6 Å². The molecule has 0 aliphatic heterocycles. The van der Waals surface area contributed by atoms with E-state index in [2.05, 4.69) is 32.2 Å². The minimum atomic E-state index is -1.53. The molecule has 0 amide bonds. The molecule has 6 rings (SSSR count). The van der Waals surface area contributed by atoms with E-state index in [1.54, 1.807) is 29.2 Å². The van der Waals surface area contributed by atoms with Gasteiger partial charge in [-0.25, -0.2) is 24.9 Å². The maximum absolute atomic E-state index is 13.8. The summed E-state index contributed by atoms with van der Waals surface area (Å²) in [6.07, 6.45) is 8.85. The third kappa shape index (κ3) is 4.65. The average Bonchev–Trinajstić information content (AvgIpc) is 3.72. The third-order valence-corrected chi connectivity index (χ3v) is 8.48. The number of anilines is 1. The van der Waals surface area contributed by atoms with Crippen LogP contribution in [0.25, 0.3) is 22.6 Å². The molecule has 3 N–H and O–H groups in total. The molecule has 3 aromatic heterocycles. The van der Waals surface area contributed by atoms with Crippen LogP contribution in [-0.2, 0) is 17.9 Å². The smallest absolute Gasteiger partial charge is 0.295 e. The van der Waals surface area contributed by atoms with Crippen LogP contribution in [0.5, 0.6) is 0 Å². The van der Waals surface area contributed by atoms with E-state index in [4.69, 9.17) is 10.1 Å². The molecule has 0 saturated heterocycles. The Morgan fingerprint density at radius 3 is 2.55 bits per heavy atom. The maximum atomic E-state index is 13.8. The normalized spacial score (nSPS) is 17.3. The van der Waals surface area contributed by atoms with Crippen LogP contribution in [0.3, 0.4) is 0 Å². The summed E-state index contributed by atoms with van der Waals surface area (Å²) in [6, 6.07) is 7.08. The number of aryl methyl sites for hydroxylation is 1. The van der Waals surface area contributed by atoms with Crippen molar-refractivity contribution in [2.75, 3.05) is 5.32 Å². The van der Waals surface area contributed by atoms with Gasteiger partial charge in [-0.05, 0) is 63.1 Å². The standard InChI is InChI=1S/C27H30N8O2S/c1-15-22(23(19-8-9-19)32-14-31-15)24-30-13-21-26(34-24)35(16(2)18-4-3-5-18)27(36)25(33-21)29-12-17-6-10-20(11-7-17)38(28)37/h6-7,10-11,13-14,16,18-19H,3-5,8-9,12,28H2,1-2H3,(H,29,33)/t16-,38?/m1/s1. The minimum Gasteiger partial charge on any atom is -0.593 e. The van der Waals surface area contributed by atoms with Crippen LogP contribution in [0.1, 0.15) is 67.9 Å². The number of nitrogens with one attached hydrogen (secondary N) is 1. The first-order valence-electron chi connectivity index (χ1n) is 13.0. The van der Waals surface area contributed by atoms with Crippen LogP contribution in [0.4, 0.5) is 5.82 Å². The second-order valence-corrected chi connectivity index (χ2v) is 11.3. The molecule has 1 aromatic carbocycles. The highest BCUT2D eigenvalue weighted by Gasteiger charge is 2.31. The fourth-order valence-electron chi connectivity index (χ4n) is 5.11. The largest absolute Gasteiger partial charge is 0.593 e. The molecule has 3 heterocycles. The SMILES string of the molecule is Cc1ncnc(C2CC2)c1-c1ncc2nc(NCc3ccc([S+](N)[O-])cc3)c(=O)n([C@H](C)C3CCC3)c2n1. The lowest BCUT2D eigenvalue weighted by Gasteiger charge is -2.33. The van der Waals surface area contributed by atoms with Crippen LogP contribution >= 0.6 is 0 Å². The lowest BCUT2D eigenvalue weighted by molar-refractivity contribution is 0.222. The monoisotopic (exact) mass is 530 g/mol. The number of hydrogen-bond acceptors (Lipinski definition) is 9. The number of nitrogens with two attached hydrogens (primary N) is 1. The number of aromatic nitrogens is 6. The van der Waals surface area contributed by atoms with Crippen LogP contribution in [0, 0.1) is 12.8 Å². The molecule has 11 heteroatoms.